The molecule has 0 unspecified atom stereocenters. The summed E-state index contributed by atoms with van der Waals surface area (Å²) in [7, 11) is 1.59. The molecular weight excluding hydrogens is 462 g/mol. The molecule has 3 rings (SSSR count). The summed E-state index contributed by atoms with van der Waals surface area (Å²) in [6, 6.07) is 18.7. The Morgan fingerprint density at radius 2 is 1.71 bits per heavy atom. The lowest BCUT2D eigenvalue weighted by molar-refractivity contribution is -0.133. The molecule has 1 aromatic heterocycles. The number of methoxy groups -OCH3 is 1. The van der Waals surface area contributed by atoms with Gasteiger partial charge in [-0.05, 0) is 60.9 Å². The summed E-state index contributed by atoms with van der Waals surface area (Å²) in [6.07, 6.45) is 2.00. The molecule has 0 aliphatic heterocycles. The summed E-state index contributed by atoms with van der Waals surface area (Å²) < 4.78 is 7.29. The molecule has 0 aliphatic rings. The van der Waals surface area contributed by atoms with E-state index < -0.39 is 0 Å². The minimum absolute atomic E-state index is 0.0271. The third-order valence-corrected chi connectivity index (χ3v) is 6.21. The van der Waals surface area contributed by atoms with Gasteiger partial charge in [0.05, 0.1) is 13.7 Å². The fourth-order valence-electron chi connectivity index (χ4n) is 3.95. The second kappa shape index (κ2) is 12.5. The molecule has 3 aromatic rings. The average Bonchev–Trinajstić information content (AvgIpc) is 3.29. The van der Waals surface area contributed by atoms with Crippen LogP contribution in [0, 0.1) is 5.92 Å². The zero-order valence-corrected chi connectivity index (χ0v) is 21.7. The predicted molar refractivity (Wildman–Crippen MR) is 140 cm³/mol. The first-order valence-corrected chi connectivity index (χ1v) is 12.3. The van der Waals surface area contributed by atoms with Crippen LogP contribution in [0.4, 0.5) is 0 Å². The Balaban J connectivity index is 1.74. The van der Waals surface area contributed by atoms with Crippen LogP contribution < -0.4 is 4.74 Å². The van der Waals surface area contributed by atoms with Crippen molar-refractivity contribution in [1.82, 2.24) is 14.4 Å². The van der Waals surface area contributed by atoms with Crippen molar-refractivity contribution in [3.8, 4) is 5.75 Å². The van der Waals surface area contributed by atoms with Crippen molar-refractivity contribution >= 4 is 23.4 Å². The van der Waals surface area contributed by atoms with Crippen LogP contribution in [0.25, 0.3) is 0 Å². The quantitative estimate of drug-likeness (QED) is 0.360. The Morgan fingerprint density at radius 1 is 1.00 bits per heavy atom. The summed E-state index contributed by atoms with van der Waals surface area (Å²) in [5.41, 5.74) is 2.57. The van der Waals surface area contributed by atoms with Crippen LogP contribution >= 0.6 is 11.6 Å². The van der Waals surface area contributed by atoms with E-state index in [9.17, 15) is 9.59 Å². The van der Waals surface area contributed by atoms with Crippen LogP contribution in [-0.2, 0) is 17.9 Å². The number of amides is 2. The number of hydrogen-bond acceptors (Lipinski definition) is 3. The number of carbonyl (C=O) groups is 2. The smallest absolute Gasteiger partial charge is 0.254 e. The normalized spacial score (nSPS) is 10.9. The number of aromatic nitrogens is 1. The molecule has 35 heavy (non-hydrogen) atoms. The van der Waals surface area contributed by atoms with E-state index in [1.165, 1.54) is 0 Å². The van der Waals surface area contributed by atoms with Gasteiger partial charge in [-0.15, -0.1) is 0 Å². The average molecular weight is 496 g/mol. The molecule has 0 aliphatic carbocycles. The van der Waals surface area contributed by atoms with Crippen LogP contribution in [0.2, 0.25) is 5.02 Å². The monoisotopic (exact) mass is 495 g/mol. The third-order valence-electron chi connectivity index (χ3n) is 5.85. The minimum Gasteiger partial charge on any atom is -0.497 e. The molecule has 6 nitrogen and oxygen atoms in total. The molecule has 0 fully saturated rings. The number of nitrogens with zero attached hydrogens (tertiary/aromatic N) is 3. The first-order valence-electron chi connectivity index (χ1n) is 11.9. The number of carbonyl (C=O) groups excluding carboxylic acids is 2. The van der Waals surface area contributed by atoms with E-state index in [2.05, 4.69) is 18.4 Å². The number of benzene rings is 2. The molecule has 0 spiro atoms. The molecule has 2 amide bonds. The maximum absolute atomic E-state index is 13.4. The number of likely N-dealkylation sites (N-methyl/N-ethyl adjacent to an activating group) is 1. The van der Waals surface area contributed by atoms with Crippen molar-refractivity contribution in [1.29, 1.82) is 0 Å². The van der Waals surface area contributed by atoms with E-state index >= 15 is 0 Å². The topological polar surface area (TPSA) is 54.8 Å². The molecule has 1 heterocycles. The minimum atomic E-state index is -0.171. The van der Waals surface area contributed by atoms with Gasteiger partial charge < -0.3 is 19.1 Å². The number of hydrogen-bond donors (Lipinski definition) is 0. The van der Waals surface area contributed by atoms with Gasteiger partial charge in [0.25, 0.3) is 5.91 Å². The van der Waals surface area contributed by atoms with E-state index in [1.54, 1.807) is 36.3 Å². The summed E-state index contributed by atoms with van der Waals surface area (Å²) in [5.74, 6) is 0.727. The largest absolute Gasteiger partial charge is 0.497 e. The van der Waals surface area contributed by atoms with Crippen LogP contribution in [0.5, 0.6) is 5.75 Å². The van der Waals surface area contributed by atoms with E-state index in [0.717, 1.165) is 16.3 Å². The van der Waals surface area contributed by atoms with E-state index in [1.807, 2.05) is 54.4 Å². The number of ether oxygens (including phenoxy) is 1. The van der Waals surface area contributed by atoms with Gasteiger partial charge in [0, 0.05) is 42.1 Å². The van der Waals surface area contributed by atoms with Crippen molar-refractivity contribution in [2.24, 2.45) is 5.92 Å². The predicted octanol–water partition coefficient (Wildman–Crippen LogP) is 5.35. The highest BCUT2D eigenvalue weighted by Crippen LogP contribution is 2.19. The Kier molecular flexibility index (Phi) is 9.38. The molecule has 0 saturated carbocycles. The molecule has 0 radical (unpaired) electrons. The van der Waals surface area contributed by atoms with Crippen molar-refractivity contribution in [3.05, 3.63) is 88.7 Å². The highest BCUT2D eigenvalue weighted by atomic mass is 35.5. The van der Waals surface area contributed by atoms with E-state index in [0.29, 0.717) is 43.4 Å². The standard InChI is InChI=1S/C28H34ClN3O3/c1-5-30(28(34)22-12-14-25(35-4)15-13-22)20-27(33)32(17-21(2)3)19-24-10-8-16-31(24)18-23-9-6-7-11-26(23)29/h6-16,21H,5,17-20H2,1-4H3. The molecule has 186 valence electrons. The second-order valence-electron chi connectivity index (χ2n) is 8.93. The van der Waals surface area contributed by atoms with Crippen LogP contribution in [0.3, 0.4) is 0 Å². The van der Waals surface area contributed by atoms with Gasteiger partial charge in [-0.25, -0.2) is 0 Å². The summed E-state index contributed by atoms with van der Waals surface area (Å²) in [4.78, 5) is 29.9. The third kappa shape index (κ3) is 7.12. The highest BCUT2D eigenvalue weighted by Gasteiger charge is 2.23. The van der Waals surface area contributed by atoms with Gasteiger partial charge in [0.1, 0.15) is 12.3 Å². The maximum Gasteiger partial charge on any atom is 0.254 e. The van der Waals surface area contributed by atoms with Gasteiger partial charge in [0.15, 0.2) is 0 Å². The fourth-order valence-corrected chi connectivity index (χ4v) is 4.15. The Labute approximate surface area is 213 Å². The fraction of sp³-hybridized carbons (Fsp3) is 0.357. The van der Waals surface area contributed by atoms with Crippen molar-refractivity contribution < 1.29 is 14.3 Å². The van der Waals surface area contributed by atoms with Crippen LogP contribution in [0.15, 0.2) is 66.9 Å². The molecule has 7 heteroatoms. The zero-order chi connectivity index (χ0) is 25.4. The van der Waals surface area contributed by atoms with Crippen LogP contribution in [-0.4, -0.2) is 52.9 Å². The maximum atomic E-state index is 13.4. The molecule has 0 atom stereocenters. The highest BCUT2D eigenvalue weighted by molar-refractivity contribution is 6.31. The Hall–Kier alpha value is -3.25. The first-order chi connectivity index (χ1) is 16.8. The van der Waals surface area contributed by atoms with Crippen LogP contribution in [0.1, 0.15) is 42.4 Å². The van der Waals surface area contributed by atoms with Gasteiger partial charge in [-0.1, -0.05) is 43.6 Å². The Bertz CT molecular complexity index is 1120. The lowest BCUT2D eigenvalue weighted by Gasteiger charge is -2.29. The van der Waals surface area contributed by atoms with Crippen molar-refractivity contribution in [2.75, 3.05) is 26.7 Å². The summed E-state index contributed by atoms with van der Waals surface area (Å²) in [6.45, 7) is 8.22. The van der Waals surface area contributed by atoms with Gasteiger partial charge >= 0.3 is 0 Å². The lowest BCUT2D eigenvalue weighted by atomic mass is 10.1. The lowest BCUT2D eigenvalue weighted by Crippen LogP contribution is -2.44. The summed E-state index contributed by atoms with van der Waals surface area (Å²) >= 11 is 6.37. The van der Waals surface area contributed by atoms with Gasteiger partial charge in [0.2, 0.25) is 5.91 Å². The molecular formula is C28H34ClN3O3. The second-order valence-corrected chi connectivity index (χ2v) is 9.34. The van der Waals surface area contributed by atoms with Gasteiger partial charge in [-0.3, -0.25) is 9.59 Å². The summed E-state index contributed by atoms with van der Waals surface area (Å²) in [5, 5.41) is 0.720. The number of rotatable bonds is 11. The van der Waals surface area contributed by atoms with Crippen molar-refractivity contribution in [2.45, 2.75) is 33.9 Å². The van der Waals surface area contributed by atoms with Crippen molar-refractivity contribution in [3.63, 3.8) is 0 Å². The molecule has 0 N–H and O–H groups in total. The van der Waals surface area contributed by atoms with E-state index in [-0.39, 0.29) is 18.4 Å². The van der Waals surface area contributed by atoms with E-state index in [4.69, 9.17) is 16.3 Å². The van der Waals surface area contributed by atoms with Gasteiger partial charge in [-0.2, -0.15) is 0 Å². The molecule has 0 bridgehead atoms. The zero-order valence-electron chi connectivity index (χ0n) is 20.9. The first kappa shape index (κ1) is 26.4. The number of halogens is 1. The Morgan fingerprint density at radius 3 is 2.34 bits per heavy atom. The molecule has 2 aromatic carbocycles. The SMILES string of the molecule is CCN(CC(=O)N(Cc1cccn1Cc1ccccc1Cl)CC(C)C)C(=O)c1ccc(OC)cc1. The molecule has 0 saturated heterocycles.